The van der Waals surface area contributed by atoms with Gasteiger partial charge in [-0.1, -0.05) is 6.07 Å². The largest absolute Gasteiger partial charge is 0.507 e. The molecule has 0 aliphatic heterocycles. The van der Waals surface area contributed by atoms with Crippen molar-refractivity contribution in [2.24, 2.45) is 0 Å². The highest BCUT2D eigenvalue weighted by molar-refractivity contribution is 5.84. The smallest absolute Gasteiger partial charge is 0.235 e. The molecular formula is C16H12O6. The summed E-state index contributed by atoms with van der Waals surface area (Å²) in [5.41, 5.74) is 0.339. The molecule has 0 bridgehead atoms. The molecule has 0 saturated heterocycles. The van der Waals surface area contributed by atoms with Gasteiger partial charge >= 0.3 is 0 Å². The summed E-state index contributed by atoms with van der Waals surface area (Å²) < 4.78 is 5.51. The first-order chi connectivity index (χ1) is 10.4. The molecule has 4 N–H and O–H groups in total. The van der Waals surface area contributed by atoms with E-state index in [0.29, 0.717) is 0 Å². The van der Waals surface area contributed by atoms with Crippen LogP contribution in [0.15, 0.2) is 39.5 Å². The third-order valence-corrected chi connectivity index (χ3v) is 3.36. The monoisotopic (exact) mass is 300 g/mol. The maximum Gasteiger partial charge on any atom is 0.235 e. The summed E-state index contributed by atoms with van der Waals surface area (Å²) in [5.74, 6) is -2.45. The van der Waals surface area contributed by atoms with E-state index in [1.54, 1.807) is 12.1 Å². The molecule has 3 rings (SSSR count). The second-order valence-corrected chi connectivity index (χ2v) is 4.97. The number of aryl methyl sites for hydroxylation is 1. The molecule has 0 spiro atoms. The van der Waals surface area contributed by atoms with Crippen molar-refractivity contribution in [2.75, 3.05) is 0 Å². The van der Waals surface area contributed by atoms with E-state index in [2.05, 4.69) is 0 Å². The van der Waals surface area contributed by atoms with Crippen LogP contribution in [-0.4, -0.2) is 20.4 Å². The van der Waals surface area contributed by atoms with E-state index in [9.17, 15) is 25.2 Å². The Kier molecular flexibility index (Phi) is 2.95. The van der Waals surface area contributed by atoms with Crippen molar-refractivity contribution in [1.82, 2.24) is 0 Å². The Morgan fingerprint density at radius 2 is 1.59 bits per heavy atom. The van der Waals surface area contributed by atoms with E-state index in [-0.39, 0.29) is 22.3 Å². The van der Waals surface area contributed by atoms with E-state index in [4.69, 9.17) is 4.42 Å². The zero-order chi connectivity index (χ0) is 16.0. The molecule has 0 unspecified atom stereocenters. The van der Waals surface area contributed by atoms with Crippen LogP contribution in [0.1, 0.15) is 5.56 Å². The van der Waals surface area contributed by atoms with Crippen LogP contribution in [0.25, 0.3) is 22.3 Å². The molecule has 1 heterocycles. The highest BCUT2D eigenvalue weighted by atomic mass is 16.4. The molecule has 0 saturated carbocycles. The summed E-state index contributed by atoms with van der Waals surface area (Å²) in [4.78, 5) is 12.2. The zero-order valence-electron chi connectivity index (χ0n) is 11.5. The van der Waals surface area contributed by atoms with E-state index in [1.807, 2.05) is 6.92 Å². The second-order valence-electron chi connectivity index (χ2n) is 4.97. The minimum Gasteiger partial charge on any atom is -0.507 e. The fraction of sp³-hybridized carbons (Fsp3) is 0.0625. The Balaban J connectivity index is 2.39. The van der Waals surface area contributed by atoms with E-state index in [1.165, 1.54) is 6.07 Å². The third kappa shape index (κ3) is 2.01. The molecule has 3 aromatic rings. The molecule has 0 aliphatic carbocycles. The molecule has 2 aromatic carbocycles. The Hall–Kier alpha value is -3.15. The Morgan fingerprint density at radius 1 is 0.909 bits per heavy atom. The Bertz CT molecular complexity index is 955. The lowest BCUT2D eigenvalue weighted by Gasteiger charge is -2.09. The lowest BCUT2D eigenvalue weighted by atomic mass is 10.1. The summed E-state index contributed by atoms with van der Waals surface area (Å²) in [5, 5.41) is 39.0. The number of hydrogen-bond donors (Lipinski definition) is 4. The predicted octanol–water partition coefficient (Wildman–Crippen LogP) is 2.59. The van der Waals surface area contributed by atoms with E-state index >= 15 is 0 Å². The Morgan fingerprint density at radius 3 is 2.32 bits per heavy atom. The van der Waals surface area contributed by atoms with Crippen molar-refractivity contribution in [3.8, 4) is 34.3 Å². The fourth-order valence-electron chi connectivity index (χ4n) is 2.22. The van der Waals surface area contributed by atoms with Crippen LogP contribution in [0.2, 0.25) is 0 Å². The molecule has 22 heavy (non-hydrogen) atoms. The SMILES string of the molecule is Cc1ccc2c(=O)c(O)c(-c3cc(O)c(O)cc3O)oc2c1. The molecule has 6 nitrogen and oxygen atoms in total. The highest BCUT2D eigenvalue weighted by Gasteiger charge is 2.20. The van der Waals surface area contributed by atoms with E-state index < -0.39 is 28.4 Å². The topological polar surface area (TPSA) is 111 Å². The van der Waals surface area contributed by atoms with Crippen LogP contribution in [0.3, 0.4) is 0 Å². The molecule has 6 heteroatoms. The van der Waals surface area contributed by atoms with Gasteiger partial charge in [-0.15, -0.1) is 0 Å². The van der Waals surface area contributed by atoms with Gasteiger partial charge < -0.3 is 24.8 Å². The van der Waals surface area contributed by atoms with Gasteiger partial charge in [0.15, 0.2) is 17.3 Å². The first-order valence-corrected chi connectivity index (χ1v) is 6.40. The molecule has 1 aromatic heterocycles. The minimum absolute atomic E-state index is 0.103. The number of phenolic OH excluding ortho intramolecular Hbond substituents is 3. The van der Waals surface area contributed by atoms with Gasteiger partial charge in [0.1, 0.15) is 11.3 Å². The molecule has 0 radical (unpaired) electrons. The average Bonchev–Trinajstić information content (AvgIpc) is 2.47. The van der Waals surface area contributed by atoms with E-state index in [0.717, 1.165) is 17.7 Å². The number of benzene rings is 2. The standard InChI is InChI=1S/C16H12O6/c1-7-2-3-8-13(4-7)22-16(15(21)14(8)20)9-5-11(18)12(19)6-10(9)17/h2-6,17-19,21H,1H3. The number of aromatic hydroxyl groups is 4. The molecular weight excluding hydrogens is 288 g/mol. The molecule has 0 fully saturated rings. The summed E-state index contributed by atoms with van der Waals surface area (Å²) >= 11 is 0. The van der Waals surface area contributed by atoms with Crippen molar-refractivity contribution in [3.63, 3.8) is 0 Å². The molecule has 0 atom stereocenters. The second kappa shape index (κ2) is 4.70. The zero-order valence-corrected chi connectivity index (χ0v) is 11.5. The average molecular weight is 300 g/mol. The maximum atomic E-state index is 12.2. The van der Waals surface area contributed by atoms with Crippen LogP contribution in [0.5, 0.6) is 23.0 Å². The van der Waals surface area contributed by atoms with Crippen LogP contribution in [0.4, 0.5) is 0 Å². The van der Waals surface area contributed by atoms with Crippen molar-refractivity contribution < 1.29 is 24.8 Å². The molecule has 0 aliphatic rings. The van der Waals surface area contributed by atoms with Crippen molar-refractivity contribution in [3.05, 3.63) is 46.1 Å². The van der Waals surface area contributed by atoms with Gasteiger partial charge in [0.05, 0.1) is 10.9 Å². The summed E-state index contributed by atoms with van der Waals surface area (Å²) in [6.45, 7) is 1.82. The lowest BCUT2D eigenvalue weighted by Crippen LogP contribution is -2.02. The van der Waals surface area contributed by atoms with Gasteiger partial charge in [-0.05, 0) is 30.7 Å². The third-order valence-electron chi connectivity index (χ3n) is 3.36. The van der Waals surface area contributed by atoms with Crippen LogP contribution < -0.4 is 5.43 Å². The van der Waals surface area contributed by atoms with Crippen LogP contribution >= 0.6 is 0 Å². The van der Waals surface area contributed by atoms with Gasteiger partial charge in [-0.2, -0.15) is 0 Å². The van der Waals surface area contributed by atoms with Gasteiger partial charge in [0.25, 0.3) is 0 Å². The van der Waals surface area contributed by atoms with Crippen molar-refractivity contribution in [1.29, 1.82) is 0 Å². The number of phenols is 3. The first kappa shape index (κ1) is 13.8. The highest BCUT2D eigenvalue weighted by Crippen LogP contribution is 2.41. The van der Waals surface area contributed by atoms with Gasteiger partial charge in [-0.3, -0.25) is 4.79 Å². The van der Waals surface area contributed by atoms with Crippen molar-refractivity contribution in [2.45, 2.75) is 6.92 Å². The summed E-state index contributed by atoms with van der Waals surface area (Å²) in [6.07, 6.45) is 0. The number of rotatable bonds is 1. The first-order valence-electron chi connectivity index (χ1n) is 6.40. The lowest BCUT2D eigenvalue weighted by molar-refractivity contribution is 0.395. The quantitative estimate of drug-likeness (QED) is 0.406. The summed E-state index contributed by atoms with van der Waals surface area (Å²) in [7, 11) is 0. The van der Waals surface area contributed by atoms with Crippen molar-refractivity contribution >= 4 is 11.0 Å². The van der Waals surface area contributed by atoms with Gasteiger partial charge in [0.2, 0.25) is 11.2 Å². The maximum absolute atomic E-state index is 12.2. The van der Waals surface area contributed by atoms with Gasteiger partial charge in [0, 0.05) is 6.07 Å². The Labute approximate surface area is 124 Å². The summed E-state index contributed by atoms with van der Waals surface area (Å²) in [6, 6.07) is 6.77. The van der Waals surface area contributed by atoms with Crippen LogP contribution in [0, 0.1) is 6.92 Å². The van der Waals surface area contributed by atoms with Crippen LogP contribution in [-0.2, 0) is 0 Å². The fourth-order valence-corrected chi connectivity index (χ4v) is 2.22. The minimum atomic E-state index is -0.684. The number of hydrogen-bond acceptors (Lipinski definition) is 6. The normalized spacial score (nSPS) is 11.0. The number of fused-ring (bicyclic) bond motifs is 1. The molecule has 0 amide bonds. The van der Waals surface area contributed by atoms with Gasteiger partial charge in [-0.25, -0.2) is 0 Å². The molecule has 112 valence electrons. The predicted molar refractivity (Wildman–Crippen MR) is 79.3 cm³/mol.